The third-order valence-electron chi connectivity index (χ3n) is 3.98. The highest BCUT2D eigenvalue weighted by Gasteiger charge is 2.07. The molecule has 0 spiro atoms. The molecular weight excluding hydrogens is 404 g/mol. The summed E-state index contributed by atoms with van der Waals surface area (Å²) in [5.41, 5.74) is 4.26. The predicted octanol–water partition coefficient (Wildman–Crippen LogP) is 4.87. The molecule has 0 aliphatic heterocycles. The highest BCUT2D eigenvalue weighted by Crippen LogP contribution is 2.17. The van der Waals surface area contributed by atoms with E-state index in [1.807, 2.05) is 72.2 Å². The molecule has 2 N–H and O–H groups in total. The van der Waals surface area contributed by atoms with Gasteiger partial charge < -0.3 is 15.4 Å². The number of aldehydes is 1. The molecule has 0 radical (unpaired) electrons. The Morgan fingerprint density at radius 1 is 1.26 bits per heavy atom. The van der Waals surface area contributed by atoms with Crippen LogP contribution >= 0.6 is 12.2 Å². The van der Waals surface area contributed by atoms with E-state index < -0.39 is 0 Å². The first kappa shape index (κ1) is 28.6. The zero-order chi connectivity index (χ0) is 23.7. The Kier molecular flexibility index (Phi) is 15.0. The highest BCUT2D eigenvalue weighted by atomic mass is 32.1. The summed E-state index contributed by atoms with van der Waals surface area (Å²) in [6, 6.07) is 8.10. The number of carbonyl (C=O) groups excluding carboxylic acids is 1. The van der Waals surface area contributed by atoms with Gasteiger partial charge >= 0.3 is 0 Å². The lowest BCUT2D eigenvalue weighted by Gasteiger charge is -2.12. The third-order valence-corrected chi connectivity index (χ3v) is 4.25. The average molecular weight is 443 g/mol. The zero-order valence-corrected chi connectivity index (χ0v) is 20.8. The molecule has 1 aromatic rings. The minimum absolute atomic E-state index is 0.182. The van der Waals surface area contributed by atoms with Crippen molar-refractivity contribution in [3.63, 3.8) is 0 Å². The number of hydrogen-bond donors (Lipinski definition) is 2. The monoisotopic (exact) mass is 442 g/mol. The number of likely N-dealkylation sites (N-methyl/N-ethyl adjacent to an activating group) is 1. The lowest BCUT2D eigenvalue weighted by molar-refractivity contribution is -0.109. The Morgan fingerprint density at radius 2 is 1.97 bits per heavy atom. The van der Waals surface area contributed by atoms with Crippen molar-refractivity contribution in [1.29, 1.82) is 0 Å². The van der Waals surface area contributed by atoms with E-state index in [9.17, 15) is 4.79 Å². The van der Waals surface area contributed by atoms with Crippen molar-refractivity contribution in [3.05, 3.63) is 53.2 Å². The second kappa shape index (κ2) is 16.3. The molecule has 0 unspecified atom stereocenters. The van der Waals surface area contributed by atoms with E-state index in [2.05, 4.69) is 32.8 Å². The largest absolute Gasteiger partial charge is 0.344 e. The molecule has 0 saturated heterocycles. The Morgan fingerprint density at radius 3 is 2.45 bits per heavy atom. The molecule has 0 amide bonds. The SMILES string of the molecule is C/C=C\C(=NCCNC)N/C(C)=C(/C=NC)c1cccc(C=S)c1.CC(C)(C)CC=O. The van der Waals surface area contributed by atoms with Crippen molar-refractivity contribution in [2.24, 2.45) is 15.4 Å². The summed E-state index contributed by atoms with van der Waals surface area (Å²) < 4.78 is 0. The smallest absolute Gasteiger partial charge is 0.124 e. The maximum Gasteiger partial charge on any atom is 0.124 e. The summed E-state index contributed by atoms with van der Waals surface area (Å²) in [6.45, 7) is 11.7. The molecular formula is C25H38N4OS. The van der Waals surface area contributed by atoms with E-state index in [1.165, 1.54) is 0 Å². The molecule has 0 aromatic heterocycles. The number of allylic oxidation sites excluding steroid dienone is 3. The molecule has 0 bridgehead atoms. The summed E-state index contributed by atoms with van der Waals surface area (Å²) in [6.07, 6.45) is 7.41. The molecule has 5 nitrogen and oxygen atoms in total. The first-order valence-electron chi connectivity index (χ1n) is 10.4. The van der Waals surface area contributed by atoms with Crippen LogP contribution in [0.15, 0.2) is 52.1 Å². The second-order valence-electron chi connectivity index (χ2n) is 8.10. The minimum atomic E-state index is 0.182. The van der Waals surface area contributed by atoms with Crippen molar-refractivity contribution in [2.75, 3.05) is 27.2 Å². The number of aliphatic imine (C=N–C) groups is 2. The van der Waals surface area contributed by atoms with Crippen molar-refractivity contribution >= 4 is 41.5 Å². The van der Waals surface area contributed by atoms with Gasteiger partial charge in [0.2, 0.25) is 0 Å². The Balaban J connectivity index is 0.00000110. The van der Waals surface area contributed by atoms with Gasteiger partial charge in [0.25, 0.3) is 0 Å². The van der Waals surface area contributed by atoms with Gasteiger partial charge in [-0.2, -0.15) is 0 Å². The van der Waals surface area contributed by atoms with Crippen LogP contribution in [0.1, 0.15) is 52.2 Å². The van der Waals surface area contributed by atoms with Crippen LogP contribution in [-0.4, -0.2) is 50.9 Å². The summed E-state index contributed by atoms with van der Waals surface area (Å²) in [5.74, 6) is 0.832. The number of nitrogens with zero attached hydrogens (tertiary/aromatic N) is 2. The Hall–Kier alpha value is -2.44. The molecule has 31 heavy (non-hydrogen) atoms. The Labute approximate surface area is 193 Å². The number of carbonyl (C=O) groups is 1. The fraction of sp³-hybridized carbons (Fsp3) is 0.440. The average Bonchev–Trinajstić information content (AvgIpc) is 2.71. The van der Waals surface area contributed by atoms with Gasteiger partial charge in [0.1, 0.15) is 12.1 Å². The van der Waals surface area contributed by atoms with Gasteiger partial charge in [0.05, 0.1) is 6.54 Å². The third kappa shape index (κ3) is 13.5. The van der Waals surface area contributed by atoms with Gasteiger partial charge in [-0.3, -0.25) is 9.98 Å². The lowest BCUT2D eigenvalue weighted by Crippen LogP contribution is -2.22. The van der Waals surface area contributed by atoms with E-state index in [1.54, 1.807) is 12.4 Å². The number of benzene rings is 1. The number of amidine groups is 1. The molecule has 0 saturated carbocycles. The molecule has 1 rings (SSSR count). The second-order valence-corrected chi connectivity index (χ2v) is 8.33. The lowest BCUT2D eigenvalue weighted by atomic mass is 9.93. The molecule has 170 valence electrons. The number of rotatable bonds is 9. The van der Waals surface area contributed by atoms with Gasteiger partial charge in [-0.1, -0.05) is 57.3 Å². The van der Waals surface area contributed by atoms with Crippen molar-refractivity contribution in [1.82, 2.24) is 10.6 Å². The molecule has 0 aliphatic rings. The first-order chi connectivity index (χ1) is 14.7. The van der Waals surface area contributed by atoms with Crippen LogP contribution in [0, 0.1) is 5.41 Å². The van der Waals surface area contributed by atoms with Crippen LogP contribution < -0.4 is 10.6 Å². The van der Waals surface area contributed by atoms with Gasteiger partial charge in [0, 0.05) is 42.9 Å². The van der Waals surface area contributed by atoms with E-state index in [-0.39, 0.29) is 5.41 Å². The maximum atomic E-state index is 9.82. The summed E-state index contributed by atoms with van der Waals surface area (Å²) in [4.78, 5) is 18.6. The molecule has 1 aromatic carbocycles. The summed E-state index contributed by atoms with van der Waals surface area (Å²) in [5, 5.41) is 8.16. The highest BCUT2D eigenvalue weighted by molar-refractivity contribution is 7.79. The van der Waals surface area contributed by atoms with Crippen molar-refractivity contribution < 1.29 is 4.79 Å². The fourth-order valence-corrected chi connectivity index (χ4v) is 2.53. The first-order valence-corrected chi connectivity index (χ1v) is 10.9. The van der Waals surface area contributed by atoms with E-state index in [4.69, 9.17) is 12.2 Å². The molecule has 0 heterocycles. The summed E-state index contributed by atoms with van der Waals surface area (Å²) >= 11 is 5.03. The predicted molar refractivity (Wildman–Crippen MR) is 141 cm³/mol. The standard InChI is InChI=1S/C19H26N4S.C6H12O/c1-5-7-19(22-11-10-20-3)23-15(2)18(13-21-4)17-9-6-8-16(12-17)14-24;1-6(2,3)4-5-7/h5-9,12-14,20H,10-11H2,1-4H3,(H,22,23);5H,4H2,1-3H3/b7-5-,18-15-,21-13?;. The fourth-order valence-electron chi connectivity index (χ4n) is 2.39. The maximum absolute atomic E-state index is 9.82. The number of hydrogen-bond acceptors (Lipinski definition) is 5. The molecule has 6 heteroatoms. The summed E-state index contributed by atoms with van der Waals surface area (Å²) in [7, 11) is 3.69. The van der Waals surface area contributed by atoms with Gasteiger partial charge in [-0.25, -0.2) is 0 Å². The van der Waals surface area contributed by atoms with Crippen LogP contribution in [0.3, 0.4) is 0 Å². The van der Waals surface area contributed by atoms with E-state index >= 15 is 0 Å². The topological polar surface area (TPSA) is 65.8 Å². The normalized spacial score (nSPS) is 12.9. The molecule has 0 atom stereocenters. The number of thiocarbonyl (C=S) groups is 1. The van der Waals surface area contributed by atoms with Crippen molar-refractivity contribution in [2.45, 2.75) is 41.0 Å². The minimum Gasteiger partial charge on any atom is -0.344 e. The van der Waals surface area contributed by atoms with E-state index in [0.29, 0.717) is 13.0 Å². The van der Waals surface area contributed by atoms with Gasteiger partial charge in [-0.15, -0.1) is 0 Å². The van der Waals surface area contributed by atoms with Crippen LogP contribution in [-0.2, 0) is 4.79 Å². The molecule has 0 aliphatic carbocycles. The van der Waals surface area contributed by atoms with Gasteiger partial charge in [-0.05, 0) is 49.6 Å². The van der Waals surface area contributed by atoms with E-state index in [0.717, 1.165) is 41.1 Å². The quantitative estimate of drug-likeness (QED) is 0.188. The Bertz CT molecular complexity index is 802. The van der Waals surface area contributed by atoms with Gasteiger partial charge in [0.15, 0.2) is 0 Å². The van der Waals surface area contributed by atoms with Crippen LogP contribution in [0.25, 0.3) is 5.57 Å². The van der Waals surface area contributed by atoms with Crippen molar-refractivity contribution in [3.8, 4) is 0 Å². The molecule has 0 fully saturated rings. The van der Waals surface area contributed by atoms with Crippen LogP contribution in [0.5, 0.6) is 0 Å². The van der Waals surface area contributed by atoms with Crippen LogP contribution in [0.2, 0.25) is 0 Å². The zero-order valence-electron chi connectivity index (χ0n) is 20.0. The van der Waals surface area contributed by atoms with Crippen LogP contribution in [0.4, 0.5) is 0 Å². The number of nitrogens with one attached hydrogen (secondary N) is 2.